The van der Waals surface area contributed by atoms with Gasteiger partial charge in [0.15, 0.2) is 0 Å². The highest BCUT2D eigenvalue weighted by Crippen LogP contribution is 2.11. The van der Waals surface area contributed by atoms with Gasteiger partial charge in [-0.1, -0.05) is 0 Å². The fourth-order valence-electron chi connectivity index (χ4n) is 1.56. The number of rotatable bonds is 4. The lowest BCUT2D eigenvalue weighted by molar-refractivity contribution is -0.131. The summed E-state index contributed by atoms with van der Waals surface area (Å²) in [5.74, 6) is 0.913. The van der Waals surface area contributed by atoms with Crippen molar-refractivity contribution in [2.75, 3.05) is 12.8 Å². The second-order valence-corrected chi connectivity index (χ2v) is 4.05. The Balaban J connectivity index is 1.95. The van der Waals surface area contributed by atoms with Crippen LogP contribution in [0.3, 0.4) is 0 Å². The molecule has 0 saturated heterocycles. The van der Waals surface area contributed by atoms with Crippen LogP contribution in [0, 0.1) is 6.92 Å². The third kappa shape index (κ3) is 2.68. The summed E-state index contributed by atoms with van der Waals surface area (Å²) in [6.07, 6.45) is 3.05. The Morgan fingerprint density at radius 2 is 2.39 bits per heavy atom. The lowest BCUT2D eigenvalue weighted by Gasteiger charge is -2.16. The predicted octanol–water partition coefficient (Wildman–Crippen LogP) is 0.420. The number of nitrogens with zero attached hydrogens (tertiary/aromatic N) is 4. The molecule has 0 bridgehead atoms. The number of likely N-dealkylation sites (N-methyl/N-ethyl adjacent to an activating group) is 1. The number of anilines is 1. The Bertz CT molecular complexity index is 545. The molecule has 2 heterocycles. The number of aryl methyl sites for hydroxylation is 1. The van der Waals surface area contributed by atoms with Crippen LogP contribution in [0.25, 0.3) is 0 Å². The average Bonchev–Trinajstić information content (AvgIpc) is 2.89. The molecule has 0 aliphatic carbocycles. The molecule has 0 fully saturated rings. The van der Waals surface area contributed by atoms with Gasteiger partial charge < -0.3 is 15.1 Å². The summed E-state index contributed by atoms with van der Waals surface area (Å²) in [6, 6.07) is 1.85. The molecule has 0 aliphatic rings. The van der Waals surface area contributed by atoms with Crippen molar-refractivity contribution in [3.05, 3.63) is 30.0 Å². The van der Waals surface area contributed by atoms with Crippen LogP contribution in [0.4, 0.5) is 5.95 Å². The van der Waals surface area contributed by atoms with Crippen LogP contribution in [0.15, 0.2) is 23.1 Å². The van der Waals surface area contributed by atoms with Gasteiger partial charge in [-0.25, -0.2) is 9.67 Å². The molecule has 96 valence electrons. The highest BCUT2D eigenvalue weighted by Gasteiger charge is 2.13. The number of amides is 1. The fraction of sp³-hybridized carbons (Fsp3) is 0.364. The minimum absolute atomic E-state index is 0.0690. The van der Waals surface area contributed by atoms with Crippen molar-refractivity contribution < 1.29 is 9.21 Å². The van der Waals surface area contributed by atoms with E-state index in [1.807, 2.05) is 13.0 Å². The molecule has 7 nitrogen and oxygen atoms in total. The summed E-state index contributed by atoms with van der Waals surface area (Å²) in [5.41, 5.74) is 6.37. The molecule has 7 heteroatoms. The van der Waals surface area contributed by atoms with Crippen molar-refractivity contribution >= 4 is 11.9 Å². The molecule has 2 aromatic rings. The molecule has 0 atom stereocenters. The SMILES string of the molecule is Cc1occc1CN(C)C(=O)Cn1cnc(N)n1. The first-order chi connectivity index (χ1) is 8.56. The summed E-state index contributed by atoms with van der Waals surface area (Å²) in [7, 11) is 1.73. The van der Waals surface area contributed by atoms with Crippen molar-refractivity contribution in [3.63, 3.8) is 0 Å². The number of carbonyl (C=O) groups is 1. The van der Waals surface area contributed by atoms with Crippen LogP contribution in [0.1, 0.15) is 11.3 Å². The standard InChI is InChI=1S/C11H15N5O2/c1-8-9(3-4-18-8)5-15(2)10(17)6-16-7-13-11(12)14-16/h3-4,7H,5-6H2,1-2H3,(H2,12,14). The molecule has 1 amide bonds. The highest BCUT2D eigenvalue weighted by atomic mass is 16.3. The summed E-state index contributed by atoms with van der Waals surface area (Å²) in [4.78, 5) is 17.3. The number of nitrogens with two attached hydrogens (primary N) is 1. The van der Waals surface area contributed by atoms with Crippen molar-refractivity contribution in [1.82, 2.24) is 19.7 Å². The van der Waals surface area contributed by atoms with E-state index in [0.717, 1.165) is 11.3 Å². The van der Waals surface area contributed by atoms with Crippen molar-refractivity contribution in [1.29, 1.82) is 0 Å². The summed E-state index contributed by atoms with van der Waals surface area (Å²) >= 11 is 0. The van der Waals surface area contributed by atoms with E-state index < -0.39 is 0 Å². The third-order valence-corrected chi connectivity index (χ3v) is 2.65. The first-order valence-electron chi connectivity index (χ1n) is 5.48. The van der Waals surface area contributed by atoms with Crippen LogP contribution in [-0.2, 0) is 17.9 Å². The highest BCUT2D eigenvalue weighted by molar-refractivity contribution is 5.75. The molecule has 2 N–H and O–H groups in total. The van der Waals surface area contributed by atoms with Gasteiger partial charge in [0.25, 0.3) is 0 Å². The summed E-state index contributed by atoms with van der Waals surface area (Å²) < 4.78 is 6.60. The van der Waals surface area contributed by atoms with Gasteiger partial charge in [-0.15, -0.1) is 5.10 Å². The van der Waals surface area contributed by atoms with E-state index in [1.54, 1.807) is 18.2 Å². The molecule has 0 saturated carbocycles. The van der Waals surface area contributed by atoms with E-state index in [-0.39, 0.29) is 18.4 Å². The average molecular weight is 249 g/mol. The van der Waals surface area contributed by atoms with Gasteiger partial charge >= 0.3 is 0 Å². The van der Waals surface area contributed by atoms with Crippen molar-refractivity contribution in [2.24, 2.45) is 0 Å². The van der Waals surface area contributed by atoms with Gasteiger partial charge in [-0.05, 0) is 13.0 Å². The lowest BCUT2D eigenvalue weighted by Crippen LogP contribution is -2.30. The smallest absolute Gasteiger partial charge is 0.244 e. The second-order valence-electron chi connectivity index (χ2n) is 4.05. The molecular weight excluding hydrogens is 234 g/mol. The zero-order chi connectivity index (χ0) is 13.1. The molecule has 0 radical (unpaired) electrons. The molecule has 2 rings (SSSR count). The van der Waals surface area contributed by atoms with Gasteiger partial charge in [-0.2, -0.15) is 0 Å². The van der Waals surface area contributed by atoms with E-state index in [1.165, 1.54) is 11.0 Å². The van der Waals surface area contributed by atoms with Crippen LogP contribution >= 0.6 is 0 Å². The maximum absolute atomic E-state index is 11.9. The van der Waals surface area contributed by atoms with Gasteiger partial charge in [0.1, 0.15) is 18.6 Å². The van der Waals surface area contributed by atoms with Crippen molar-refractivity contribution in [2.45, 2.75) is 20.0 Å². The van der Waals surface area contributed by atoms with Crippen LogP contribution in [0.5, 0.6) is 0 Å². The fourth-order valence-corrected chi connectivity index (χ4v) is 1.56. The Kier molecular flexibility index (Phi) is 3.31. The second kappa shape index (κ2) is 4.91. The van der Waals surface area contributed by atoms with E-state index in [4.69, 9.17) is 10.2 Å². The molecule has 0 unspecified atom stereocenters. The van der Waals surface area contributed by atoms with Gasteiger partial charge in [-0.3, -0.25) is 4.79 Å². The van der Waals surface area contributed by atoms with E-state index in [2.05, 4.69) is 10.1 Å². The maximum Gasteiger partial charge on any atom is 0.244 e. The Hall–Kier alpha value is -2.31. The number of furan rings is 1. The number of nitrogen functional groups attached to an aromatic ring is 1. The van der Waals surface area contributed by atoms with E-state index >= 15 is 0 Å². The Labute approximate surface area is 104 Å². The zero-order valence-electron chi connectivity index (χ0n) is 10.3. The number of carbonyl (C=O) groups excluding carboxylic acids is 1. The molecule has 2 aromatic heterocycles. The first-order valence-corrected chi connectivity index (χ1v) is 5.48. The summed E-state index contributed by atoms with van der Waals surface area (Å²) in [5, 5.41) is 3.86. The zero-order valence-corrected chi connectivity index (χ0v) is 10.3. The molecule has 0 spiro atoms. The minimum atomic E-state index is -0.0690. The minimum Gasteiger partial charge on any atom is -0.469 e. The number of hydrogen-bond acceptors (Lipinski definition) is 5. The normalized spacial score (nSPS) is 10.6. The first kappa shape index (κ1) is 12.2. The largest absolute Gasteiger partial charge is 0.469 e. The molecule has 18 heavy (non-hydrogen) atoms. The Morgan fingerprint density at radius 1 is 1.61 bits per heavy atom. The number of hydrogen-bond donors (Lipinski definition) is 1. The maximum atomic E-state index is 11.9. The quantitative estimate of drug-likeness (QED) is 0.848. The molecule has 0 aromatic carbocycles. The Morgan fingerprint density at radius 3 is 2.94 bits per heavy atom. The molecular formula is C11H15N5O2. The topological polar surface area (TPSA) is 90.2 Å². The monoisotopic (exact) mass is 249 g/mol. The lowest BCUT2D eigenvalue weighted by atomic mass is 10.2. The van der Waals surface area contributed by atoms with Gasteiger partial charge in [0.05, 0.1) is 6.26 Å². The van der Waals surface area contributed by atoms with Gasteiger partial charge in [0, 0.05) is 19.2 Å². The number of aromatic nitrogens is 3. The summed E-state index contributed by atoms with van der Waals surface area (Å²) in [6.45, 7) is 2.49. The van der Waals surface area contributed by atoms with Crippen molar-refractivity contribution in [3.8, 4) is 0 Å². The van der Waals surface area contributed by atoms with Crippen LogP contribution < -0.4 is 5.73 Å². The van der Waals surface area contributed by atoms with Crippen LogP contribution in [-0.4, -0.2) is 32.6 Å². The molecule has 0 aliphatic heterocycles. The predicted molar refractivity (Wildman–Crippen MR) is 64.4 cm³/mol. The third-order valence-electron chi connectivity index (χ3n) is 2.65. The van der Waals surface area contributed by atoms with E-state index in [9.17, 15) is 4.79 Å². The van der Waals surface area contributed by atoms with Crippen LogP contribution in [0.2, 0.25) is 0 Å². The van der Waals surface area contributed by atoms with Gasteiger partial charge in [0.2, 0.25) is 11.9 Å². The van der Waals surface area contributed by atoms with E-state index in [0.29, 0.717) is 6.54 Å².